The standard InChI is InChI=1S/C23H30N2O4/c1-14-5-3-4-10-25(14)22(27)19-11-16-7-6-15(19)13-23(16)24-21(26)18-9-8-17(28-2)12-20(18)29-23/h8-9,12,14-16,19H,3-7,10-11,13H2,1-2H3,(H,24,26)/t14-,15+,16-,19-,23-/m0/s1. The fourth-order valence-electron chi connectivity index (χ4n) is 6.06. The molecule has 6 heteroatoms. The van der Waals surface area contributed by atoms with Crippen LogP contribution in [0.1, 0.15) is 62.2 Å². The highest BCUT2D eigenvalue weighted by atomic mass is 16.5. The lowest BCUT2D eigenvalue weighted by Gasteiger charge is -2.55. The van der Waals surface area contributed by atoms with Crippen molar-refractivity contribution >= 4 is 11.8 Å². The molecular formula is C23H30N2O4. The van der Waals surface area contributed by atoms with Gasteiger partial charge in [-0.2, -0.15) is 0 Å². The number of nitrogens with zero attached hydrogens (tertiary/aromatic N) is 1. The number of likely N-dealkylation sites (tertiary alicyclic amines) is 1. The predicted octanol–water partition coefficient (Wildman–Crippen LogP) is 3.35. The number of piperidine rings is 1. The molecule has 5 aliphatic rings. The number of carbonyl (C=O) groups is 2. The normalized spacial score (nSPS) is 35.7. The number of benzene rings is 1. The summed E-state index contributed by atoms with van der Waals surface area (Å²) in [5.41, 5.74) is -0.142. The molecule has 1 N–H and O–H groups in total. The predicted molar refractivity (Wildman–Crippen MR) is 108 cm³/mol. The zero-order valence-corrected chi connectivity index (χ0v) is 17.3. The van der Waals surface area contributed by atoms with Crippen LogP contribution in [0.5, 0.6) is 11.5 Å². The van der Waals surface area contributed by atoms with Gasteiger partial charge in [0.25, 0.3) is 5.91 Å². The SMILES string of the molecule is COc1ccc2c(c1)O[C@]1(C[C@H]3CC[C@H]1C[C@@H]3C(=O)N1CCCC[C@@H]1C)NC2=O. The molecule has 6 nitrogen and oxygen atoms in total. The van der Waals surface area contributed by atoms with Crippen LogP contribution in [0.25, 0.3) is 0 Å². The molecule has 1 aromatic carbocycles. The monoisotopic (exact) mass is 398 g/mol. The smallest absolute Gasteiger partial charge is 0.258 e. The molecule has 1 aromatic rings. The van der Waals surface area contributed by atoms with Crippen molar-refractivity contribution in [3.05, 3.63) is 23.8 Å². The summed E-state index contributed by atoms with van der Waals surface area (Å²) in [6, 6.07) is 5.68. The fourth-order valence-corrected chi connectivity index (χ4v) is 6.06. The summed E-state index contributed by atoms with van der Waals surface area (Å²) in [6.07, 6.45) is 6.96. The summed E-state index contributed by atoms with van der Waals surface area (Å²) < 4.78 is 11.8. The van der Waals surface area contributed by atoms with Gasteiger partial charge in [0, 0.05) is 36.9 Å². The van der Waals surface area contributed by atoms with Gasteiger partial charge in [0.05, 0.1) is 12.7 Å². The lowest BCUT2D eigenvalue weighted by Crippen LogP contribution is -2.67. The van der Waals surface area contributed by atoms with Crippen LogP contribution in [0.15, 0.2) is 18.2 Å². The molecule has 2 bridgehead atoms. The van der Waals surface area contributed by atoms with Gasteiger partial charge in [-0.1, -0.05) is 0 Å². The summed E-state index contributed by atoms with van der Waals surface area (Å²) in [4.78, 5) is 28.3. The molecule has 2 heterocycles. The maximum absolute atomic E-state index is 13.4. The maximum atomic E-state index is 13.4. The topological polar surface area (TPSA) is 67.9 Å². The van der Waals surface area contributed by atoms with Crippen LogP contribution in [0, 0.1) is 17.8 Å². The maximum Gasteiger partial charge on any atom is 0.258 e. The molecule has 1 saturated heterocycles. The number of carbonyl (C=O) groups excluding carboxylic acids is 2. The molecular weight excluding hydrogens is 368 g/mol. The van der Waals surface area contributed by atoms with Gasteiger partial charge in [0.2, 0.25) is 5.91 Å². The van der Waals surface area contributed by atoms with Gasteiger partial charge in [-0.25, -0.2) is 0 Å². The number of methoxy groups -OCH3 is 1. The van der Waals surface area contributed by atoms with Crippen molar-refractivity contribution in [3.8, 4) is 11.5 Å². The van der Waals surface area contributed by atoms with E-state index in [-0.39, 0.29) is 23.7 Å². The first-order chi connectivity index (χ1) is 14.0. The van der Waals surface area contributed by atoms with Crippen molar-refractivity contribution in [3.63, 3.8) is 0 Å². The van der Waals surface area contributed by atoms with Gasteiger partial charge in [0.15, 0.2) is 5.72 Å². The van der Waals surface area contributed by atoms with Crippen LogP contribution < -0.4 is 14.8 Å². The molecule has 3 aliphatic carbocycles. The Morgan fingerprint density at radius 2 is 2.14 bits per heavy atom. The third kappa shape index (κ3) is 2.99. The Kier molecular flexibility index (Phi) is 4.48. The quantitative estimate of drug-likeness (QED) is 0.830. The van der Waals surface area contributed by atoms with E-state index in [1.165, 1.54) is 6.42 Å². The van der Waals surface area contributed by atoms with Crippen LogP contribution in [-0.4, -0.2) is 42.1 Å². The molecule has 156 valence electrons. The van der Waals surface area contributed by atoms with Crippen LogP contribution in [0.3, 0.4) is 0 Å². The highest BCUT2D eigenvalue weighted by Gasteiger charge is 2.57. The minimum atomic E-state index is -0.691. The van der Waals surface area contributed by atoms with E-state index < -0.39 is 5.72 Å². The van der Waals surface area contributed by atoms with E-state index in [9.17, 15) is 9.59 Å². The third-order valence-electron chi connectivity index (χ3n) is 7.67. The molecule has 5 atom stereocenters. The fraction of sp³-hybridized carbons (Fsp3) is 0.652. The van der Waals surface area contributed by atoms with Crippen molar-refractivity contribution in [2.45, 2.75) is 63.6 Å². The van der Waals surface area contributed by atoms with Crippen LogP contribution in [0.4, 0.5) is 0 Å². The van der Waals surface area contributed by atoms with Crippen LogP contribution in [0.2, 0.25) is 0 Å². The molecule has 6 rings (SSSR count). The molecule has 2 aliphatic heterocycles. The van der Waals surface area contributed by atoms with E-state index in [1.54, 1.807) is 25.3 Å². The van der Waals surface area contributed by atoms with Crippen LogP contribution >= 0.6 is 0 Å². The van der Waals surface area contributed by atoms with Gasteiger partial charge in [-0.05, 0) is 63.5 Å². The molecule has 3 saturated carbocycles. The zero-order valence-electron chi connectivity index (χ0n) is 17.3. The van der Waals surface area contributed by atoms with Gasteiger partial charge in [-0.3, -0.25) is 9.59 Å². The second-order valence-corrected chi connectivity index (χ2v) is 9.26. The Morgan fingerprint density at radius 1 is 1.28 bits per heavy atom. The number of fused-ring (bicyclic) bond motifs is 3. The Balaban J connectivity index is 1.38. The van der Waals surface area contributed by atoms with Crippen molar-refractivity contribution < 1.29 is 19.1 Å². The highest BCUT2D eigenvalue weighted by molar-refractivity contribution is 5.98. The molecule has 0 unspecified atom stereocenters. The lowest BCUT2D eigenvalue weighted by atomic mass is 9.59. The lowest BCUT2D eigenvalue weighted by molar-refractivity contribution is -0.158. The first kappa shape index (κ1) is 18.8. The van der Waals surface area contributed by atoms with Gasteiger partial charge < -0.3 is 19.7 Å². The number of amides is 2. The van der Waals surface area contributed by atoms with Gasteiger partial charge >= 0.3 is 0 Å². The van der Waals surface area contributed by atoms with Gasteiger partial charge in [0.1, 0.15) is 11.5 Å². The summed E-state index contributed by atoms with van der Waals surface area (Å²) >= 11 is 0. The van der Waals surface area contributed by atoms with Gasteiger partial charge in [-0.15, -0.1) is 0 Å². The van der Waals surface area contributed by atoms with E-state index in [0.717, 1.165) is 38.6 Å². The van der Waals surface area contributed by atoms with E-state index >= 15 is 0 Å². The average Bonchev–Trinajstić information content (AvgIpc) is 2.73. The minimum Gasteiger partial charge on any atom is -0.497 e. The largest absolute Gasteiger partial charge is 0.497 e. The number of rotatable bonds is 2. The van der Waals surface area contributed by atoms with Crippen LogP contribution in [-0.2, 0) is 4.79 Å². The first-order valence-corrected chi connectivity index (χ1v) is 11.0. The first-order valence-electron chi connectivity index (χ1n) is 11.0. The van der Waals surface area contributed by atoms with Crippen molar-refractivity contribution in [1.29, 1.82) is 0 Å². The molecule has 29 heavy (non-hydrogen) atoms. The summed E-state index contributed by atoms with van der Waals surface area (Å²) in [6.45, 7) is 3.06. The molecule has 4 fully saturated rings. The van der Waals surface area contributed by atoms with E-state index in [2.05, 4.69) is 17.1 Å². The number of hydrogen-bond donors (Lipinski definition) is 1. The Hall–Kier alpha value is -2.24. The van der Waals surface area contributed by atoms with Crippen molar-refractivity contribution in [2.75, 3.05) is 13.7 Å². The summed E-state index contributed by atoms with van der Waals surface area (Å²) in [5.74, 6) is 1.99. The number of nitrogens with one attached hydrogen (secondary N) is 1. The van der Waals surface area contributed by atoms with Crippen molar-refractivity contribution in [2.24, 2.45) is 17.8 Å². The second kappa shape index (κ2) is 6.92. The number of hydrogen-bond acceptors (Lipinski definition) is 4. The Labute approximate surface area is 171 Å². The van der Waals surface area contributed by atoms with E-state index in [4.69, 9.17) is 9.47 Å². The van der Waals surface area contributed by atoms with Crippen molar-refractivity contribution in [1.82, 2.24) is 10.2 Å². The molecule has 1 spiro atoms. The highest BCUT2D eigenvalue weighted by Crippen LogP contribution is 2.53. The second-order valence-electron chi connectivity index (χ2n) is 9.26. The van der Waals surface area contributed by atoms with E-state index in [0.29, 0.717) is 35.4 Å². The summed E-state index contributed by atoms with van der Waals surface area (Å²) in [7, 11) is 1.61. The third-order valence-corrected chi connectivity index (χ3v) is 7.67. The summed E-state index contributed by atoms with van der Waals surface area (Å²) in [5, 5.41) is 3.18. The Morgan fingerprint density at radius 3 is 2.86 bits per heavy atom. The Bertz CT molecular complexity index is 840. The average molecular weight is 399 g/mol. The number of ether oxygens (including phenoxy) is 2. The zero-order chi connectivity index (χ0) is 20.2. The van der Waals surface area contributed by atoms with E-state index in [1.807, 2.05) is 0 Å². The minimum absolute atomic E-state index is 0.0622. The molecule has 0 aromatic heterocycles. The molecule has 0 radical (unpaired) electrons. The molecule has 2 amide bonds.